The van der Waals surface area contributed by atoms with E-state index in [1.54, 1.807) is 12.3 Å². The van der Waals surface area contributed by atoms with Crippen molar-refractivity contribution >= 4 is 23.3 Å². The fourth-order valence-corrected chi connectivity index (χ4v) is 1.88. The first-order chi connectivity index (χ1) is 9.11. The van der Waals surface area contributed by atoms with Gasteiger partial charge in [0.25, 0.3) is 0 Å². The first-order valence-corrected chi connectivity index (χ1v) is 6.00. The van der Waals surface area contributed by atoms with E-state index in [2.05, 4.69) is 15.0 Å². The van der Waals surface area contributed by atoms with Gasteiger partial charge in [-0.25, -0.2) is 9.78 Å². The standard InChI is InChI=1S/C13H13ClN2O3/c1-8-3-4-15-12(14)11(8)16-6-10-5-9(7-19-10)13(17)18-2/h3-5,7,16H,6H2,1-2H3. The summed E-state index contributed by atoms with van der Waals surface area (Å²) >= 11 is 6.00. The summed E-state index contributed by atoms with van der Waals surface area (Å²) in [7, 11) is 1.33. The van der Waals surface area contributed by atoms with E-state index in [4.69, 9.17) is 16.0 Å². The summed E-state index contributed by atoms with van der Waals surface area (Å²) in [6.07, 6.45) is 3.01. The number of aryl methyl sites for hydroxylation is 1. The van der Waals surface area contributed by atoms with Crippen molar-refractivity contribution in [2.75, 3.05) is 12.4 Å². The Labute approximate surface area is 115 Å². The molecule has 6 heteroatoms. The van der Waals surface area contributed by atoms with E-state index < -0.39 is 5.97 Å². The molecule has 19 heavy (non-hydrogen) atoms. The molecule has 0 unspecified atom stereocenters. The molecule has 0 fully saturated rings. The summed E-state index contributed by atoms with van der Waals surface area (Å²) in [4.78, 5) is 15.3. The molecular formula is C13H13ClN2O3. The molecule has 0 spiro atoms. The van der Waals surface area contributed by atoms with Crippen molar-refractivity contribution in [1.29, 1.82) is 0 Å². The van der Waals surface area contributed by atoms with Crippen LogP contribution in [0.3, 0.4) is 0 Å². The van der Waals surface area contributed by atoms with Crippen LogP contribution in [0.2, 0.25) is 5.15 Å². The summed E-state index contributed by atoms with van der Waals surface area (Å²) < 4.78 is 9.86. The van der Waals surface area contributed by atoms with Crippen molar-refractivity contribution in [2.45, 2.75) is 13.5 Å². The van der Waals surface area contributed by atoms with Gasteiger partial charge in [-0.15, -0.1) is 0 Å². The molecule has 2 aromatic heterocycles. The topological polar surface area (TPSA) is 64.4 Å². The molecular weight excluding hydrogens is 268 g/mol. The zero-order chi connectivity index (χ0) is 13.8. The molecule has 5 nitrogen and oxygen atoms in total. The lowest BCUT2D eigenvalue weighted by Crippen LogP contribution is -2.02. The number of nitrogens with one attached hydrogen (secondary N) is 1. The predicted molar refractivity (Wildman–Crippen MR) is 71.4 cm³/mol. The lowest BCUT2D eigenvalue weighted by molar-refractivity contribution is 0.0600. The third kappa shape index (κ3) is 3.06. The van der Waals surface area contributed by atoms with Crippen LogP contribution < -0.4 is 5.32 Å². The second kappa shape index (κ2) is 5.75. The molecule has 0 bridgehead atoms. The Kier molecular flexibility index (Phi) is 4.06. The van der Waals surface area contributed by atoms with Crippen LogP contribution in [0.1, 0.15) is 21.7 Å². The van der Waals surface area contributed by atoms with Gasteiger partial charge in [0, 0.05) is 6.20 Å². The van der Waals surface area contributed by atoms with Crippen LogP contribution in [0.4, 0.5) is 5.69 Å². The Morgan fingerprint density at radius 2 is 2.37 bits per heavy atom. The predicted octanol–water partition coefficient (Wildman–Crippen LogP) is 3.04. The number of carbonyl (C=O) groups is 1. The zero-order valence-electron chi connectivity index (χ0n) is 10.6. The number of esters is 1. The van der Waals surface area contributed by atoms with E-state index >= 15 is 0 Å². The largest absolute Gasteiger partial charge is 0.467 e. The minimum absolute atomic E-state index is 0.383. The molecule has 2 heterocycles. The number of aromatic nitrogens is 1. The molecule has 0 aliphatic carbocycles. The van der Waals surface area contributed by atoms with Gasteiger partial charge in [0.2, 0.25) is 0 Å². The highest BCUT2D eigenvalue weighted by atomic mass is 35.5. The molecule has 0 saturated carbocycles. The Bertz CT molecular complexity index is 575. The fraction of sp³-hybridized carbons (Fsp3) is 0.231. The molecule has 100 valence electrons. The van der Waals surface area contributed by atoms with Gasteiger partial charge >= 0.3 is 5.97 Å². The molecule has 0 amide bonds. The van der Waals surface area contributed by atoms with Crippen molar-refractivity contribution < 1.29 is 13.9 Å². The zero-order valence-corrected chi connectivity index (χ0v) is 11.3. The average molecular weight is 281 g/mol. The number of carbonyl (C=O) groups excluding carboxylic acids is 1. The monoisotopic (exact) mass is 280 g/mol. The van der Waals surface area contributed by atoms with Gasteiger partial charge in [0.1, 0.15) is 12.0 Å². The van der Waals surface area contributed by atoms with Gasteiger partial charge in [-0.05, 0) is 24.6 Å². The number of hydrogen-bond acceptors (Lipinski definition) is 5. The number of hydrogen-bond donors (Lipinski definition) is 1. The van der Waals surface area contributed by atoms with Gasteiger partial charge in [-0.2, -0.15) is 0 Å². The Hall–Kier alpha value is -2.01. The number of methoxy groups -OCH3 is 1. The SMILES string of the molecule is COC(=O)c1coc(CNc2c(C)ccnc2Cl)c1. The number of nitrogens with zero attached hydrogens (tertiary/aromatic N) is 1. The molecule has 0 aromatic carbocycles. The van der Waals surface area contributed by atoms with Gasteiger partial charge in [-0.3, -0.25) is 0 Å². The third-order valence-electron chi connectivity index (χ3n) is 2.63. The van der Waals surface area contributed by atoms with Crippen molar-refractivity contribution in [3.05, 3.63) is 46.6 Å². The summed E-state index contributed by atoms with van der Waals surface area (Å²) in [5.41, 5.74) is 2.12. The maximum Gasteiger partial charge on any atom is 0.341 e. The maximum absolute atomic E-state index is 11.3. The number of anilines is 1. The van der Waals surface area contributed by atoms with E-state index in [0.29, 0.717) is 23.0 Å². The number of furan rings is 1. The molecule has 2 rings (SSSR count). The number of ether oxygens (including phenoxy) is 1. The minimum Gasteiger partial charge on any atom is -0.467 e. The second-order valence-electron chi connectivity index (χ2n) is 3.94. The lowest BCUT2D eigenvalue weighted by atomic mass is 10.2. The smallest absolute Gasteiger partial charge is 0.341 e. The summed E-state index contributed by atoms with van der Waals surface area (Å²) in [5.74, 6) is 0.185. The Balaban J connectivity index is 2.07. The molecule has 0 aliphatic heterocycles. The van der Waals surface area contributed by atoms with Crippen LogP contribution in [-0.4, -0.2) is 18.1 Å². The van der Waals surface area contributed by atoms with Crippen LogP contribution in [0.15, 0.2) is 29.0 Å². The van der Waals surface area contributed by atoms with Crippen LogP contribution in [0.25, 0.3) is 0 Å². The van der Waals surface area contributed by atoms with E-state index in [1.165, 1.54) is 13.4 Å². The molecule has 0 atom stereocenters. The van der Waals surface area contributed by atoms with Crippen LogP contribution in [0, 0.1) is 6.92 Å². The second-order valence-corrected chi connectivity index (χ2v) is 4.30. The van der Waals surface area contributed by atoms with E-state index in [0.717, 1.165) is 11.3 Å². The van der Waals surface area contributed by atoms with Crippen LogP contribution in [0.5, 0.6) is 0 Å². The van der Waals surface area contributed by atoms with E-state index in [-0.39, 0.29) is 0 Å². The minimum atomic E-state index is -0.425. The molecule has 2 aromatic rings. The number of halogens is 1. The first kappa shape index (κ1) is 13.4. The summed E-state index contributed by atoms with van der Waals surface area (Å²) in [6.45, 7) is 2.33. The van der Waals surface area contributed by atoms with Crippen molar-refractivity contribution in [3.8, 4) is 0 Å². The van der Waals surface area contributed by atoms with Gasteiger partial charge < -0.3 is 14.5 Å². The van der Waals surface area contributed by atoms with E-state index in [9.17, 15) is 4.79 Å². The molecule has 1 N–H and O–H groups in total. The van der Waals surface area contributed by atoms with Gasteiger partial charge in [0.15, 0.2) is 5.15 Å². The van der Waals surface area contributed by atoms with Crippen molar-refractivity contribution in [3.63, 3.8) is 0 Å². The number of rotatable bonds is 4. The highest BCUT2D eigenvalue weighted by Gasteiger charge is 2.11. The Morgan fingerprint density at radius 1 is 1.58 bits per heavy atom. The van der Waals surface area contributed by atoms with E-state index in [1.807, 2.05) is 13.0 Å². The molecule has 0 aliphatic rings. The quantitative estimate of drug-likeness (QED) is 0.689. The molecule has 0 radical (unpaired) electrons. The third-order valence-corrected chi connectivity index (χ3v) is 2.91. The molecule has 0 saturated heterocycles. The summed E-state index contributed by atoms with van der Waals surface area (Å²) in [6, 6.07) is 3.48. The number of pyridine rings is 1. The first-order valence-electron chi connectivity index (χ1n) is 5.62. The normalized spacial score (nSPS) is 10.3. The van der Waals surface area contributed by atoms with Gasteiger partial charge in [0.05, 0.1) is 24.9 Å². The fourth-order valence-electron chi connectivity index (χ4n) is 1.61. The average Bonchev–Trinajstić information content (AvgIpc) is 2.86. The highest BCUT2D eigenvalue weighted by Crippen LogP contribution is 2.23. The van der Waals surface area contributed by atoms with Crippen LogP contribution in [-0.2, 0) is 11.3 Å². The van der Waals surface area contributed by atoms with Crippen molar-refractivity contribution in [2.24, 2.45) is 0 Å². The Morgan fingerprint density at radius 3 is 3.05 bits per heavy atom. The highest BCUT2D eigenvalue weighted by molar-refractivity contribution is 6.32. The van der Waals surface area contributed by atoms with Gasteiger partial charge in [-0.1, -0.05) is 11.6 Å². The summed E-state index contributed by atoms with van der Waals surface area (Å²) in [5, 5.41) is 3.53. The maximum atomic E-state index is 11.3. The van der Waals surface area contributed by atoms with Crippen molar-refractivity contribution in [1.82, 2.24) is 4.98 Å². The van der Waals surface area contributed by atoms with Crippen LogP contribution >= 0.6 is 11.6 Å². The lowest BCUT2D eigenvalue weighted by Gasteiger charge is -2.08.